The highest BCUT2D eigenvalue weighted by Crippen LogP contribution is 2.18. The molecule has 1 saturated heterocycles. The van der Waals surface area contributed by atoms with Gasteiger partial charge in [0.05, 0.1) is 0 Å². The van der Waals surface area contributed by atoms with Crippen molar-refractivity contribution in [3.63, 3.8) is 0 Å². The summed E-state index contributed by atoms with van der Waals surface area (Å²) in [5.74, 6) is 1.42. The molecule has 1 fully saturated rings. The van der Waals surface area contributed by atoms with Gasteiger partial charge >= 0.3 is 0 Å². The lowest BCUT2D eigenvalue weighted by molar-refractivity contribution is 0.376. The van der Waals surface area contributed by atoms with Crippen molar-refractivity contribution >= 4 is 21.8 Å². The molecule has 3 heterocycles. The molecule has 0 bridgehead atoms. The Bertz CT molecular complexity index is 1030. The standard InChI is InChI=1S/C17H21N7O2S/c1-14-11-16(24-17(21-14)18-13-19-24)22-7-9-23(10-8-22)27(25,26)20-12-15-5-3-2-4-6-15/h2-6,11,13,20H,7-10,12H2,1H3. The summed E-state index contributed by atoms with van der Waals surface area (Å²) < 4.78 is 31.0. The molecule has 1 aliphatic rings. The Morgan fingerprint density at radius 2 is 1.85 bits per heavy atom. The zero-order chi connectivity index (χ0) is 18.9. The number of aromatic nitrogens is 4. The fourth-order valence-electron chi connectivity index (χ4n) is 3.16. The molecule has 0 saturated carbocycles. The van der Waals surface area contributed by atoms with Crippen LogP contribution < -0.4 is 9.62 Å². The van der Waals surface area contributed by atoms with Crippen LogP contribution >= 0.6 is 0 Å². The lowest BCUT2D eigenvalue weighted by atomic mass is 10.2. The van der Waals surface area contributed by atoms with Gasteiger partial charge in [-0.15, -0.1) is 0 Å². The summed E-state index contributed by atoms with van der Waals surface area (Å²) in [7, 11) is -3.52. The van der Waals surface area contributed by atoms with E-state index in [2.05, 4.69) is 24.7 Å². The summed E-state index contributed by atoms with van der Waals surface area (Å²) in [6, 6.07) is 11.4. The van der Waals surface area contributed by atoms with E-state index in [0.717, 1.165) is 17.1 Å². The second kappa shape index (κ2) is 7.22. The molecule has 10 heteroatoms. The molecule has 1 N–H and O–H groups in total. The number of benzene rings is 1. The summed E-state index contributed by atoms with van der Waals surface area (Å²) in [6.07, 6.45) is 1.47. The van der Waals surface area contributed by atoms with E-state index in [4.69, 9.17) is 0 Å². The third-order valence-corrected chi connectivity index (χ3v) is 6.12. The average molecular weight is 387 g/mol. The predicted molar refractivity (Wildman–Crippen MR) is 102 cm³/mol. The van der Waals surface area contributed by atoms with E-state index in [1.54, 1.807) is 4.52 Å². The smallest absolute Gasteiger partial charge is 0.279 e. The van der Waals surface area contributed by atoms with Crippen LogP contribution in [0.15, 0.2) is 42.7 Å². The van der Waals surface area contributed by atoms with Gasteiger partial charge < -0.3 is 4.90 Å². The molecule has 0 spiro atoms. The first kappa shape index (κ1) is 17.8. The van der Waals surface area contributed by atoms with Crippen LogP contribution in [0.25, 0.3) is 5.78 Å². The first-order chi connectivity index (χ1) is 13.0. The third kappa shape index (κ3) is 3.77. The number of anilines is 1. The lowest BCUT2D eigenvalue weighted by Gasteiger charge is -2.35. The van der Waals surface area contributed by atoms with Crippen molar-refractivity contribution in [2.24, 2.45) is 0 Å². The van der Waals surface area contributed by atoms with E-state index in [-0.39, 0.29) is 6.54 Å². The number of aryl methyl sites for hydroxylation is 1. The van der Waals surface area contributed by atoms with Gasteiger partial charge in [-0.05, 0) is 12.5 Å². The van der Waals surface area contributed by atoms with Gasteiger partial charge in [-0.3, -0.25) is 0 Å². The first-order valence-electron chi connectivity index (χ1n) is 8.74. The number of hydrogen-bond acceptors (Lipinski definition) is 6. The highest BCUT2D eigenvalue weighted by Gasteiger charge is 2.27. The number of rotatable bonds is 5. The van der Waals surface area contributed by atoms with E-state index in [0.29, 0.717) is 32.0 Å². The van der Waals surface area contributed by atoms with Crippen LogP contribution in [0.5, 0.6) is 0 Å². The summed E-state index contributed by atoms with van der Waals surface area (Å²) in [6.45, 7) is 4.15. The van der Waals surface area contributed by atoms with E-state index < -0.39 is 10.2 Å². The Kier molecular flexibility index (Phi) is 4.77. The molecule has 0 radical (unpaired) electrons. The Balaban J connectivity index is 1.43. The fourth-order valence-corrected chi connectivity index (χ4v) is 4.33. The van der Waals surface area contributed by atoms with Gasteiger partial charge in [-0.2, -0.15) is 32.0 Å². The molecule has 1 aromatic carbocycles. The van der Waals surface area contributed by atoms with Gasteiger partial charge in [0.1, 0.15) is 12.1 Å². The minimum atomic E-state index is -3.52. The molecule has 2 aromatic heterocycles. The second-order valence-corrected chi connectivity index (χ2v) is 8.18. The molecule has 3 aromatic rings. The number of nitrogens with one attached hydrogen (secondary N) is 1. The number of fused-ring (bicyclic) bond motifs is 1. The maximum Gasteiger partial charge on any atom is 0.279 e. The Morgan fingerprint density at radius 1 is 1.11 bits per heavy atom. The zero-order valence-electron chi connectivity index (χ0n) is 15.0. The van der Waals surface area contributed by atoms with E-state index in [1.807, 2.05) is 43.3 Å². The highest BCUT2D eigenvalue weighted by molar-refractivity contribution is 7.87. The minimum absolute atomic E-state index is 0.284. The van der Waals surface area contributed by atoms with Gasteiger partial charge in [-0.25, -0.2) is 4.98 Å². The SMILES string of the molecule is Cc1cc(N2CCN(S(=O)(=O)NCc3ccccc3)CC2)n2ncnc2n1. The third-order valence-electron chi connectivity index (χ3n) is 4.57. The highest BCUT2D eigenvalue weighted by atomic mass is 32.2. The second-order valence-electron chi connectivity index (χ2n) is 6.43. The van der Waals surface area contributed by atoms with Crippen LogP contribution in [0, 0.1) is 6.92 Å². The average Bonchev–Trinajstić information content (AvgIpc) is 3.15. The van der Waals surface area contributed by atoms with Gasteiger partial charge in [0.2, 0.25) is 0 Å². The molecule has 0 aliphatic carbocycles. The topological polar surface area (TPSA) is 95.7 Å². The van der Waals surface area contributed by atoms with Crippen LogP contribution in [-0.2, 0) is 16.8 Å². The number of nitrogens with zero attached hydrogens (tertiary/aromatic N) is 6. The van der Waals surface area contributed by atoms with Crippen molar-refractivity contribution in [3.05, 3.63) is 54.0 Å². The lowest BCUT2D eigenvalue weighted by Crippen LogP contribution is -2.52. The van der Waals surface area contributed by atoms with E-state index >= 15 is 0 Å². The summed E-state index contributed by atoms with van der Waals surface area (Å²) >= 11 is 0. The Labute approximate surface area is 157 Å². The maximum atomic E-state index is 12.6. The summed E-state index contributed by atoms with van der Waals surface area (Å²) in [4.78, 5) is 10.6. The Hall–Kier alpha value is -2.56. The fraction of sp³-hybridized carbons (Fsp3) is 0.353. The van der Waals surface area contributed by atoms with Crippen LogP contribution in [0.2, 0.25) is 0 Å². The monoisotopic (exact) mass is 387 g/mol. The van der Waals surface area contributed by atoms with Crippen molar-refractivity contribution < 1.29 is 8.42 Å². The van der Waals surface area contributed by atoms with Gasteiger partial charge in [0, 0.05) is 44.5 Å². The molecule has 9 nitrogen and oxygen atoms in total. The van der Waals surface area contributed by atoms with Crippen molar-refractivity contribution in [2.75, 3.05) is 31.1 Å². The normalized spacial score (nSPS) is 16.1. The largest absolute Gasteiger partial charge is 0.354 e. The van der Waals surface area contributed by atoms with Crippen molar-refractivity contribution in [1.29, 1.82) is 0 Å². The predicted octanol–water partition coefficient (Wildman–Crippen LogP) is 0.589. The Morgan fingerprint density at radius 3 is 2.59 bits per heavy atom. The molecule has 0 atom stereocenters. The van der Waals surface area contributed by atoms with Gasteiger partial charge in [-0.1, -0.05) is 30.3 Å². The van der Waals surface area contributed by atoms with Crippen molar-refractivity contribution in [2.45, 2.75) is 13.5 Å². The maximum absolute atomic E-state index is 12.6. The van der Waals surface area contributed by atoms with Crippen LogP contribution in [-0.4, -0.2) is 58.5 Å². The molecular weight excluding hydrogens is 366 g/mol. The van der Waals surface area contributed by atoms with Crippen LogP contribution in [0.1, 0.15) is 11.3 Å². The summed E-state index contributed by atoms with van der Waals surface area (Å²) in [5, 5.41) is 4.22. The zero-order valence-corrected chi connectivity index (χ0v) is 15.8. The molecule has 142 valence electrons. The first-order valence-corrected chi connectivity index (χ1v) is 10.2. The van der Waals surface area contributed by atoms with Crippen LogP contribution in [0.4, 0.5) is 5.82 Å². The molecule has 1 aliphatic heterocycles. The minimum Gasteiger partial charge on any atom is -0.354 e. The van der Waals surface area contributed by atoms with Crippen molar-refractivity contribution in [1.82, 2.24) is 28.6 Å². The molecule has 4 rings (SSSR count). The molecule has 27 heavy (non-hydrogen) atoms. The van der Waals surface area contributed by atoms with Crippen molar-refractivity contribution in [3.8, 4) is 0 Å². The van der Waals surface area contributed by atoms with Gasteiger partial charge in [0.25, 0.3) is 16.0 Å². The van der Waals surface area contributed by atoms with E-state index in [9.17, 15) is 8.42 Å². The van der Waals surface area contributed by atoms with Gasteiger partial charge in [0.15, 0.2) is 0 Å². The summed E-state index contributed by atoms with van der Waals surface area (Å²) in [5.41, 5.74) is 1.78. The quantitative estimate of drug-likeness (QED) is 0.688. The van der Waals surface area contributed by atoms with E-state index in [1.165, 1.54) is 10.6 Å². The van der Waals surface area contributed by atoms with Crippen LogP contribution in [0.3, 0.4) is 0 Å². The molecule has 0 amide bonds. The number of piperazine rings is 1. The molecule has 0 unspecified atom stereocenters. The molecular formula is C17H21N7O2S. The number of hydrogen-bond donors (Lipinski definition) is 1.